The number of amides is 4. The highest BCUT2D eigenvalue weighted by Gasteiger charge is 2.70. The molecule has 7 unspecified atom stereocenters. The molecule has 0 bridgehead atoms. The van der Waals surface area contributed by atoms with Gasteiger partial charge in [0.2, 0.25) is 17.7 Å². The van der Waals surface area contributed by atoms with Crippen molar-refractivity contribution in [2.24, 2.45) is 23.2 Å². The van der Waals surface area contributed by atoms with Crippen LogP contribution in [0.2, 0.25) is 0 Å². The molecule has 4 amide bonds. The van der Waals surface area contributed by atoms with Gasteiger partial charge in [0.25, 0.3) is 0 Å². The molecule has 222 valence electrons. The quantitative estimate of drug-likeness (QED) is 0.387. The zero-order valence-corrected chi connectivity index (χ0v) is 23.6. The molecule has 4 aliphatic rings. The number of carbonyl (C=O) groups excluding carboxylic acids is 4. The molecule has 2 saturated heterocycles. The molecule has 10 nitrogen and oxygen atoms in total. The first-order valence-electron chi connectivity index (χ1n) is 13.7. The summed E-state index contributed by atoms with van der Waals surface area (Å²) in [5, 5.41) is 17.1. The van der Waals surface area contributed by atoms with Gasteiger partial charge in [0.05, 0.1) is 17.8 Å². The number of halogens is 3. The number of hydrogen-bond donors (Lipinski definition) is 3. The number of nitrogens with one attached hydrogen (secondary N) is 3. The lowest BCUT2D eigenvalue weighted by molar-refractivity contribution is -0.177. The third kappa shape index (κ3) is 5.92. The van der Waals surface area contributed by atoms with Gasteiger partial charge in [-0.25, -0.2) is 0 Å². The van der Waals surface area contributed by atoms with Crippen LogP contribution >= 0.6 is 0 Å². The number of carbonyl (C=O) groups is 4. The monoisotopic (exact) mass is 569 g/mol. The molecule has 4 fully saturated rings. The van der Waals surface area contributed by atoms with E-state index in [1.165, 1.54) is 11.8 Å². The van der Waals surface area contributed by atoms with Crippen LogP contribution in [0.1, 0.15) is 67.2 Å². The summed E-state index contributed by atoms with van der Waals surface area (Å²) < 4.78 is 45.3. The molecule has 0 spiro atoms. The number of hydrogen-bond acceptors (Lipinski definition) is 6. The third-order valence-electron chi connectivity index (χ3n) is 9.05. The van der Waals surface area contributed by atoms with Crippen LogP contribution in [-0.4, -0.2) is 76.6 Å². The molecule has 40 heavy (non-hydrogen) atoms. The summed E-state index contributed by atoms with van der Waals surface area (Å²) in [6, 6.07) is -1.70. The van der Waals surface area contributed by atoms with E-state index >= 15 is 0 Å². The average Bonchev–Trinajstić information content (AvgIpc) is 3.53. The van der Waals surface area contributed by atoms with Gasteiger partial charge in [-0.1, -0.05) is 13.8 Å². The summed E-state index contributed by atoms with van der Waals surface area (Å²) >= 11 is 0. The van der Waals surface area contributed by atoms with Crippen molar-refractivity contribution in [3.63, 3.8) is 0 Å². The van der Waals surface area contributed by atoms with E-state index in [2.05, 4.69) is 10.6 Å². The average molecular weight is 570 g/mol. The minimum absolute atomic E-state index is 0.0784. The lowest BCUT2D eigenvalue weighted by Gasteiger charge is -2.35. The van der Waals surface area contributed by atoms with Crippen molar-refractivity contribution in [2.45, 2.75) is 109 Å². The number of nitrogens with zero attached hydrogens (tertiary/aromatic N) is 2. The Labute approximate surface area is 231 Å². The predicted octanol–water partition coefficient (Wildman–Crippen LogP) is 1.79. The first-order chi connectivity index (χ1) is 18.3. The number of nitriles is 1. The first kappa shape index (κ1) is 30.1. The van der Waals surface area contributed by atoms with Gasteiger partial charge in [0.1, 0.15) is 18.1 Å². The summed E-state index contributed by atoms with van der Waals surface area (Å²) in [6.45, 7) is 10.9. The van der Waals surface area contributed by atoms with Crippen LogP contribution in [0.4, 0.5) is 13.2 Å². The molecule has 2 aliphatic carbocycles. The van der Waals surface area contributed by atoms with Gasteiger partial charge in [-0.2, -0.15) is 18.4 Å². The molecule has 0 radical (unpaired) electrons. The Morgan fingerprint density at radius 3 is 2.30 bits per heavy atom. The summed E-state index contributed by atoms with van der Waals surface area (Å²) in [5.41, 5.74) is -1.32. The van der Waals surface area contributed by atoms with Gasteiger partial charge in [-0.15, -0.1) is 0 Å². The number of ether oxygens (including phenoxy) is 1. The molecule has 2 heterocycles. The number of alkyl halides is 3. The normalized spacial score (nSPS) is 31.2. The summed E-state index contributed by atoms with van der Waals surface area (Å²) in [4.78, 5) is 52.8. The Bertz CT molecular complexity index is 1130. The molecule has 0 aromatic rings. The molecular formula is C27H38F3N5O5. The molecule has 0 aromatic heterocycles. The smallest absolute Gasteiger partial charge is 0.370 e. The van der Waals surface area contributed by atoms with E-state index in [0.29, 0.717) is 19.3 Å². The lowest BCUT2D eigenvalue weighted by atomic mass is 9.91. The van der Waals surface area contributed by atoms with Crippen molar-refractivity contribution >= 4 is 23.6 Å². The number of piperidine rings is 1. The molecule has 4 rings (SSSR count). The number of rotatable bonds is 9. The summed E-state index contributed by atoms with van der Waals surface area (Å²) in [7, 11) is 0. The standard InChI is InChI=1S/C27H38F3N5O5/c1-13(40-26(6)7-8-26)18(33-23(39)27(28,29)30)22(38)35-12-16-17(25(16,4)5)19(35)21(37)32-15(11-31)9-14-10-24(2,3)34-20(14)36/h13-19H,7-10,12H2,1-6H3,(H,32,37)(H,33,39)(H,34,36). The van der Waals surface area contributed by atoms with Crippen molar-refractivity contribution in [3.05, 3.63) is 0 Å². The Hall–Kier alpha value is -2.88. The minimum Gasteiger partial charge on any atom is -0.370 e. The Balaban J connectivity index is 1.53. The maximum absolute atomic E-state index is 13.8. The van der Waals surface area contributed by atoms with Gasteiger partial charge < -0.3 is 25.6 Å². The van der Waals surface area contributed by atoms with E-state index in [4.69, 9.17) is 4.74 Å². The lowest BCUT2D eigenvalue weighted by Crippen LogP contribution is -2.61. The van der Waals surface area contributed by atoms with Crippen LogP contribution in [0, 0.1) is 34.5 Å². The Morgan fingerprint density at radius 2 is 1.80 bits per heavy atom. The molecule has 0 aromatic carbocycles. The van der Waals surface area contributed by atoms with Gasteiger partial charge in [0, 0.05) is 18.0 Å². The minimum atomic E-state index is -5.21. The Kier molecular flexibility index (Phi) is 7.44. The molecule has 2 aliphatic heterocycles. The van der Waals surface area contributed by atoms with Crippen LogP contribution < -0.4 is 16.0 Å². The number of fused-ring (bicyclic) bond motifs is 1. The van der Waals surface area contributed by atoms with E-state index in [-0.39, 0.29) is 36.1 Å². The van der Waals surface area contributed by atoms with Crippen molar-refractivity contribution < 1.29 is 37.1 Å². The van der Waals surface area contributed by atoms with Crippen LogP contribution in [0.5, 0.6) is 0 Å². The van der Waals surface area contributed by atoms with Crippen LogP contribution in [-0.2, 0) is 23.9 Å². The van der Waals surface area contributed by atoms with Gasteiger partial charge in [-0.3, -0.25) is 19.2 Å². The van der Waals surface area contributed by atoms with E-state index in [9.17, 15) is 37.6 Å². The highest BCUT2D eigenvalue weighted by Crippen LogP contribution is 2.65. The third-order valence-corrected chi connectivity index (χ3v) is 9.05. The highest BCUT2D eigenvalue weighted by molar-refractivity contribution is 5.95. The molecule has 13 heteroatoms. The van der Waals surface area contributed by atoms with Crippen LogP contribution in [0.15, 0.2) is 0 Å². The zero-order valence-electron chi connectivity index (χ0n) is 23.6. The predicted molar refractivity (Wildman–Crippen MR) is 135 cm³/mol. The SMILES string of the molecule is CC(OC1(C)CC1)C(NC(=O)C(F)(F)F)C(=O)N1CC2C(C1C(=O)NC(C#N)CC1CC(C)(C)NC1=O)C2(C)C. The molecule has 2 saturated carbocycles. The fraction of sp³-hybridized carbons (Fsp3) is 0.815. The maximum Gasteiger partial charge on any atom is 0.471 e. The molecule has 3 N–H and O–H groups in total. The van der Waals surface area contributed by atoms with Gasteiger partial charge in [0.15, 0.2) is 0 Å². The van der Waals surface area contributed by atoms with E-state index < -0.39 is 65.2 Å². The van der Waals surface area contributed by atoms with Crippen molar-refractivity contribution in [2.75, 3.05) is 6.54 Å². The van der Waals surface area contributed by atoms with Crippen molar-refractivity contribution in [1.29, 1.82) is 5.26 Å². The van der Waals surface area contributed by atoms with Crippen molar-refractivity contribution in [3.8, 4) is 6.07 Å². The Morgan fingerprint density at radius 1 is 1.18 bits per heavy atom. The second-order valence-electron chi connectivity index (χ2n) is 13.3. The zero-order chi connectivity index (χ0) is 30.0. The molecule has 7 atom stereocenters. The highest BCUT2D eigenvalue weighted by atomic mass is 19.4. The van der Waals surface area contributed by atoms with Crippen LogP contribution in [0.3, 0.4) is 0 Å². The van der Waals surface area contributed by atoms with E-state index in [1.54, 1.807) is 12.2 Å². The van der Waals surface area contributed by atoms with E-state index in [1.807, 2.05) is 33.8 Å². The van der Waals surface area contributed by atoms with Gasteiger partial charge >= 0.3 is 12.1 Å². The van der Waals surface area contributed by atoms with E-state index in [0.717, 1.165) is 0 Å². The molecular weight excluding hydrogens is 531 g/mol. The topological polar surface area (TPSA) is 141 Å². The second-order valence-corrected chi connectivity index (χ2v) is 13.3. The van der Waals surface area contributed by atoms with Crippen LogP contribution in [0.25, 0.3) is 0 Å². The van der Waals surface area contributed by atoms with Crippen molar-refractivity contribution in [1.82, 2.24) is 20.9 Å². The first-order valence-corrected chi connectivity index (χ1v) is 13.7. The van der Waals surface area contributed by atoms with Gasteiger partial charge in [-0.05, 0) is 70.6 Å². The second kappa shape index (κ2) is 9.89. The largest absolute Gasteiger partial charge is 0.471 e. The fourth-order valence-electron chi connectivity index (χ4n) is 6.48. The summed E-state index contributed by atoms with van der Waals surface area (Å²) in [6.07, 6.45) is -4.38. The number of likely N-dealkylation sites (tertiary alicyclic amines) is 1. The fourth-order valence-corrected chi connectivity index (χ4v) is 6.48. The summed E-state index contributed by atoms with van der Waals surface area (Å²) in [5.74, 6) is -4.76. The maximum atomic E-state index is 13.8.